The molecule has 2 rings (SSSR count). The maximum Gasteiger partial charge on any atom is 0.337 e. The summed E-state index contributed by atoms with van der Waals surface area (Å²) < 4.78 is 26.1. The number of nitrogens with two attached hydrogens (primary N) is 1. The van der Waals surface area contributed by atoms with E-state index in [1.54, 1.807) is 0 Å². The van der Waals surface area contributed by atoms with Crippen molar-refractivity contribution < 1.29 is 23.4 Å². The predicted octanol–water partition coefficient (Wildman–Crippen LogP) is 0.112. The third-order valence-corrected chi connectivity index (χ3v) is 5.13. The van der Waals surface area contributed by atoms with E-state index >= 15 is 0 Å². The number of benzene rings is 1. The minimum atomic E-state index is -3.95. The topological polar surface area (TPSA) is 121 Å². The quantitative estimate of drug-likeness (QED) is 0.681. The molecule has 4 N–H and O–H groups in total. The van der Waals surface area contributed by atoms with Crippen LogP contribution in [0.1, 0.15) is 23.2 Å². The fourth-order valence-corrected chi connectivity index (χ4v) is 3.90. The first-order chi connectivity index (χ1) is 9.32. The van der Waals surface area contributed by atoms with Crippen LogP contribution < -0.4 is 5.73 Å². The van der Waals surface area contributed by atoms with Gasteiger partial charge in [-0.25, -0.2) is 13.2 Å². The number of sulfonamides is 1. The molecular weight excluding hydrogens is 284 g/mol. The number of aromatic carboxylic acids is 1. The van der Waals surface area contributed by atoms with Gasteiger partial charge in [0.15, 0.2) is 0 Å². The molecule has 7 nitrogen and oxygen atoms in total. The summed E-state index contributed by atoms with van der Waals surface area (Å²) in [6, 6.07) is 3.66. The van der Waals surface area contributed by atoms with E-state index in [9.17, 15) is 18.3 Å². The molecule has 1 fully saturated rings. The van der Waals surface area contributed by atoms with E-state index in [-0.39, 0.29) is 29.2 Å². The summed E-state index contributed by atoms with van der Waals surface area (Å²) in [6.45, 7) is 0.245. The van der Waals surface area contributed by atoms with Gasteiger partial charge in [-0.2, -0.15) is 4.31 Å². The summed E-state index contributed by atoms with van der Waals surface area (Å²) >= 11 is 0. The maximum atomic E-state index is 12.5. The lowest BCUT2D eigenvalue weighted by Crippen LogP contribution is -2.42. The average molecular weight is 300 g/mol. The third kappa shape index (κ3) is 2.77. The fraction of sp³-hybridized carbons (Fsp3) is 0.417. The zero-order valence-corrected chi connectivity index (χ0v) is 11.5. The first kappa shape index (κ1) is 14.8. The van der Waals surface area contributed by atoms with E-state index < -0.39 is 22.1 Å². The van der Waals surface area contributed by atoms with Gasteiger partial charge in [-0.05, 0) is 31.0 Å². The van der Waals surface area contributed by atoms with Gasteiger partial charge in [0.05, 0.1) is 16.6 Å². The second-order valence-corrected chi connectivity index (χ2v) is 6.63. The highest BCUT2D eigenvalue weighted by atomic mass is 32.2. The predicted molar refractivity (Wildman–Crippen MR) is 71.8 cm³/mol. The molecular formula is C12H16N2O5S. The van der Waals surface area contributed by atoms with Crippen molar-refractivity contribution in [2.24, 2.45) is 0 Å². The highest BCUT2D eigenvalue weighted by molar-refractivity contribution is 7.89. The van der Waals surface area contributed by atoms with Crippen LogP contribution in [0, 0.1) is 0 Å². The summed E-state index contributed by atoms with van der Waals surface area (Å²) in [7, 11) is -3.95. The number of carboxylic acid groups (broad SMARTS) is 1. The molecule has 1 aliphatic heterocycles. The van der Waals surface area contributed by atoms with Crippen LogP contribution in [0.15, 0.2) is 23.1 Å². The standard InChI is InChI=1S/C12H16N2O5S/c13-8-3-4-11(10(6-8)12(16)17)20(18,19)14-5-1-2-9(15)7-14/h3-4,6,9,15H,1-2,5,7,13H2,(H,16,17)/t9-/m0/s1. The first-order valence-electron chi connectivity index (χ1n) is 6.13. The van der Waals surface area contributed by atoms with Crippen molar-refractivity contribution in [3.05, 3.63) is 23.8 Å². The zero-order chi connectivity index (χ0) is 14.9. The number of aliphatic hydroxyl groups excluding tert-OH is 1. The Labute approximate surface area is 116 Å². The number of piperidine rings is 1. The van der Waals surface area contributed by atoms with Crippen molar-refractivity contribution in [1.82, 2.24) is 4.31 Å². The van der Waals surface area contributed by atoms with Crippen LogP contribution in [0.5, 0.6) is 0 Å². The van der Waals surface area contributed by atoms with Crippen LogP contribution in [-0.2, 0) is 10.0 Å². The Balaban J connectivity index is 2.46. The first-order valence-corrected chi connectivity index (χ1v) is 7.57. The molecule has 0 aromatic heterocycles. The average Bonchev–Trinajstić information content (AvgIpc) is 2.38. The monoisotopic (exact) mass is 300 g/mol. The maximum absolute atomic E-state index is 12.5. The van der Waals surface area contributed by atoms with Crippen LogP contribution in [0.4, 0.5) is 5.69 Å². The molecule has 0 aliphatic carbocycles. The molecule has 1 atom stereocenters. The Bertz CT molecular complexity index is 629. The summed E-state index contributed by atoms with van der Waals surface area (Å²) in [5.74, 6) is -1.35. The molecule has 0 radical (unpaired) electrons. The Morgan fingerprint density at radius 3 is 2.70 bits per heavy atom. The lowest BCUT2D eigenvalue weighted by atomic mass is 10.1. The Kier molecular flexibility index (Phi) is 3.98. The van der Waals surface area contributed by atoms with Crippen molar-refractivity contribution in [2.45, 2.75) is 23.8 Å². The van der Waals surface area contributed by atoms with Gasteiger partial charge < -0.3 is 15.9 Å². The number of β-amino-alcohol motifs (C(OH)–C–C–N with tert-alkyl or cyclic N) is 1. The SMILES string of the molecule is Nc1ccc(S(=O)(=O)N2CCC[C@H](O)C2)c(C(=O)O)c1. The molecule has 0 saturated carbocycles. The number of nitrogens with zero attached hydrogens (tertiary/aromatic N) is 1. The molecule has 20 heavy (non-hydrogen) atoms. The van der Waals surface area contributed by atoms with E-state index in [4.69, 9.17) is 10.8 Å². The second kappa shape index (κ2) is 5.39. The molecule has 1 heterocycles. The fourth-order valence-electron chi connectivity index (χ4n) is 2.22. The molecule has 110 valence electrons. The zero-order valence-electron chi connectivity index (χ0n) is 10.7. The van der Waals surface area contributed by atoms with Gasteiger partial charge in [-0.15, -0.1) is 0 Å². The summed E-state index contributed by atoms with van der Waals surface area (Å²) in [4.78, 5) is 10.9. The van der Waals surface area contributed by atoms with Crippen molar-refractivity contribution >= 4 is 21.7 Å². The number of carbonyl (C=O) groups is 1. The molecule has 0 amide bonds. The van der Waals surface area contributed by atoms with Crippen molar-refractivity contribution in [3.8, 4) is 0 Å². The summed E-state index contributed by atoms with van der Waals surface area (Å²) in [5.41, 5.74) is 5.32. The highest BCUT2D eigenvalue weighted by Gasteiger charge is 2.32. The van der Waals surface area contributed by atoms with E-state index in [2.05, 4.69) is 0 Å². The second-order valence-electron chi connectivity index (χ2n) is 4.72. The Morgan fingerprint density at radius 1 is 1.40 bits per heavy atom. The van der Waals surface area contributed by atoms with Crippen molar-refractivity contribution in [3.63, 3.8) is 0 Å². The van der Waals surface area contributed by atoms with Gasteiger partial charge in [0.2, 0.25) is 10.0 Å². The molecule has 0 spiro atoms. The van der Waals surface area contributed by atoms with Gasteiger partial charge in [0.25, 0.3) is 0 Å². The van der Waals surface area contributed by atoms with Crippen LogP contribution in [0.25, 0.3) is 0 Å². The van der Waals surface area contributed by atoms with Crippen LogP contribution in [0.3, 0.4) is 0 Å². The van der Waals surface area contributed by atoms with Gasteiger partial charge in [-0.1, -0.05) is 0 Å². The molecule has 0 bridgehead atoms. The lowest BCUT2D eigenvalue weighted by molar-refractivity contribution is 0.0692. The molecule has 0 unspecified atom stereocenters. The minimum Gasteiger partial charge on any atom is -0.478 e. The van der Waals surface area contributed by atoms with Gasteiger partial charge >= 0.3 is 5.97 Å². The number of hydrogen-bond donors (Lipinski definition) is 3. The van der Waals surface area contributed by atoms with E-state index in [1.165, 1.54) is 12.1 Å². The lowest BCUT2D eigenvalue weighted by Gasteiger charge is -2.29. The largest absolute Gasteiger partial charge is 0.478 e. The number of rotatable bonds is 3. The summed E-state index contributed by atoms with van der Waals surface area (Å²) in [5, 5.41) is 18.7. The Morgan fingerprint density at radius 2 is 2.10 bits per heavy atom. The van der Waals surface area contributed by atoms with Crippen LogP contribution in [-0.4, -0.2) is 48.1 Å². The number of hydrogen-bond acceptors (Lipinski definition) is 5. The number of nitrogen functional groups attached to an aromatic ring is 1. The van der Waals surface area contributed by atoms with E-state index in [0.717, 1.165) is 10.4 Å². The van der Waals surface area contributed by atoms with E-state index in [1.807, 2.05) is 0 Å². The van der Waals surface area contributed by atoms with Crippen LogP contribution in [0.2, 0.25) is 0 Å². The number of anilines is 1. The molecule has 1 aromatic carbocycles. The van der Waals surface area contributed by atoms with Crippen molar-refractivity contribution in [2.75, 3.05) is 18.8 Å². The van der Waals surface area contributed by atoms with Crippen LogP contribution >= 0.6 is 0 Å². The van der Waals surface area contributed by atoms with E-state index in [0.29, 0.717) is 12.8 Å². The highest BCUT2D eigenvalue weighted by Crippen LogP contribution is 2.25. The summed E-state index contributed by atoms with van der Waals surface area (Å²) in [6.07, 6.45) is 0.359. The number of carboxylic acids is 1. The van der Waals surface area contributed by atoms with Crippen molar-refractivity contribution in [1.29, 1.82) is 0 Å². The minimum absolute atomic E-state index is 0.0221. The molecule has 1 aliphatic rings. The smallest absolute Gasteiger partial charge is 0.337 e. The van der Waals surface area contributed by atoms with Gasteiger partial charge in [-0.3, -0.25) is 0 Å². The molecule has 1 saturated heterocycles. The normalized spacial score (nSPS) is 20.8. The molecule has 8 heteroatoms. The Hall–Kier alpha value is -1.64. The van der Waals surface area contributed by atoms with Gasteiger partial charge in [0.1, 0.15) is 0 Å². The number of aliphatic hydroxyl groups is 1. The van der Waals surface area contributed by atoms with Gasteiger partial charge in [0, 0.05) is 18.8 Å². The third-order valence-electron chi connectivity index (χ3n) is 3.21. The molecule has 1 aromatic rings.